The molecule has 2 aromatic carbocycles. The van der Waals surface area contributed by atoms with E-state index in [0.717, 1.165) is 0 Å². The smallest absolute Gasteiger partial charge is 0.336 e. The molecular weight excluding hydrogens is 360 g/mol. The summed E-state index contributed by atoms with van der Waals surface area (Å²) in [7, 11) is 0. The maximum absolute atomic E-state index is 12.3. The Morgan fingerprint density at radius 2 is 1.96 bits per heavy atom. The van der Waals surface area contributed by atoms with Gasteiger partial charge < -0.3 is 9.67 Å². The molecule has 0 aliphatic heterocycles. The van der Waals surface area contributed by atoms with Crippen LogP contribution in [0.4, 0.5) is 0 Å². The fraction of sp³-hybridized carbons (Fsp3) is 0.0556. The van der Waals surface area contributed by atoms with Crippen molar-refractivity contribution in [1.29, 1.82) is 0 Å². The van der Waals surface area contributed by atoms with Crippen LogP contribution in [0.15, 0.2) is 65.1 Å². The average molecular weight is 373 g/mol. The number of carboxylic acids is 1. The van der Waals surface area contributed by atoms with Crippen molar-refractivity contribution in [3.63, 3.8) is 0 Å². The highest BCUT2D eigenvalue weighted by atomic mass is 35.5. The monoisotopic (exact) mass is 372 g/mol. The summed E-state index contributed by atoms with van der Waals surface area (Å²) in [5.74, 6) is -1.38. The maximum atomic E-state index is 12.3. The zero-order valence-corrected chi connectivity index (χ0v) is 14.5. The van der Waals surface area contributed by atoms with Gasteiger partial charge in [-0.15, -0.1) is 11.3 Å². The number of aromatic carboxylic acids is 1. The van der Waals surface area contributed by atoms with Gasteiger partial charge in [-0.2, -0.15) is 4.99 Å². The number of hydrogen-bond donors (Lipinski definition) is 1. The summed E-state index contributed by atoms with van der Waals surface area (Å²) in [6, 6.07) is 13.3. The quantitative estimate of drug-likeness (QED) is 0.759. The second-order valence-electron chi connectivity index (χ2n) is 5.20. The molecule has 1 heterocycles. The highest BCUT2D eigenvalue weighted by Crippen LogP contribution is 2.12. The predicted octanol–water partition coefficient (Wildman–Crippen LogP) is 3.69. The van der Waals surface area contributed by atoms with Gasteiger partial charge in [0.2, 0.25) is 0 Å². The zero-order valence-electron chi connectivity index (χ0n) is 12.9. The number of carboxylic acid groups (broad SMARTS) is 1. The van der Waals surface area contributed by atoms with Crippen LogP contribution in [0.1, 0.15) is 26.3 Å². The molecule has 25 heavy (non-hydrogen) atoms. The predicted molar refractivity (Wildman–Crippen MR) is 96.2 cm³/mol. The summed E-state index contributed by atoms with van der Waals surface area (Å²) < 4.78 is 1.74. The number of hydrogen-bond acceptors (Lipinski definition) is 3. The zero-order chi connectivity index (χ0) is 17.8. The van der Waals surface area contributed by atoms with Gasteiger partial charge in [0.15, 0.2) is 4.80 Å². The van der Waals surface area contributed by atoms with Crippen LogP contribution in [-0.4, -0.2) is 21.6 Å². The number of rotatable bonds is 4. The van der Waals surface area contributed by atoms with E-state index < -0.39 is 11.9 Å². The summed E-state index contributed by atoms with van der Waals surface area (Å²) in [4.78, 5) is 28.3. The van der Waals surface area contributed by atoms with E-state index in [2.05, 4.69) is 4.99 Å². The molecule has 0 aliphatic rings. The second kappa shape index (κ2) is 7.46. The Labute approximate surface area is 152 Å². The number of thiazole rings is 1. The molecule has 1 N–H and O–H groups in total. The molecule has 3 aromatic rings. The van der Waals surface area contributed by atoms with Crippen molar-refractivity contribution in [1.82, 2.24) is 4.57 Å². The fourth-order valence-electron chi connectivity index (χ4n) is 2.33. The van der Waals surface area contributed by atoms with Crippen LogP contribution in [0.5, 0.6) is 0 Å². The van der Waals surface area contributed by atoms with E-state index in [-0.39, 0.29) is 5.56 Å². The SMILES string of the molecule is O=C(N=c1sccn1Cc1ccccc1C(=O)O)c1cccc(Cl)c1. The lowest BCUT2D eigenvalue weighted by atomic mass is 10.1. The molecule has 0 aliphatic carbocycles. The van der Waals surface area contributed by atoms with Crippen molar-refractivity contribution in [2.45, 2.75) is 6.54 Å². The normalized spacial score (nSPS) is 11.5. The highest BCUT2D eigenvalue weighted by Gasteiger charge is 2.11. The van der Waals surface area contributed by atoms with Crippen LogP contribution in [0.2, 0.25) is 5.02 Å². The van der Waals surface area contributed by atoms with Crippen LogP contribution in [-0.2, 0) is 6.54 Å². The van der Waals surface area contributed by atoms with Gasteiger partial charge in [0.05, 0.1) is 12.1 Å². The Bertz CT molecular complexity index is 1010. The van der Waals surface area contributed by atoms with E-state index in [4.69, 9.17) is 11.6 Å². The average Bonchev–Trinajstić information content (AvgIpc) is 3.02. The molecule has 0 saturated carbocycles. The van der Waals surface area contributed by atoms with Crippen molar-refractivity contribution in [3.05, 3.63) is 86.6 Å². The molecule has 3 rings (SSSR count). The molecule has 5 nitrogen and oxygen atoms in total. The summed E-state index contributed by atoms with van der Waals surface area (Å²) in [6.45, 7) is 0.313. The molecule has 0 bridgehead atoms. The minimum Gasteiger partial charge on any atom is -0.478 e. The molecule has 126 valence electrons. The Hall–Kier alpha value is -2.70. The van der Waals surface area contributed by atoms with Crippen LogP contribution >= 0.6 is 22.9 Å². The van der Waals surface area contributed by atoms with Crippen molar-refractivity contribution in [2.75, 3.05) is 0 Å². The molecule has 1 aromatic heterocycles. The summed E-state index contributed by atoms with van der Waals surface area (Å²) in [5, 5.41) is 11.6. The van der Waals surface area contributed by atoms with Gasteiger partial charge in [0.1, 0.15) is 0 Å². The Morgan fingerprint density at radius 3 is 2.72 bits per heavy atom. The maximum Gasteiger partial charge on any atom is 0.336 e. The number of benzene rings is 2. The van der Waals surface area contributed by atoms with Crippen molar-refractivity contribution in [2.24, 2.45) is 4.99 Å². The number of carbonyl (C=O) groups is 2. The third-order valence-corrected chi connectivity index (χ3v) is 4.55. The first-order valence-corrected chi connectivity index (χ1v) is 8.60. The first kappa shape index (κ1) is 17.1. The van der Waals surface area contributed by atoms with E-state index in [1.54, 1.807) is 64.7 Å². The number of carbonyl (C=O) groups excluding carboxylic acids is 1. The third-order valence-electron chi connectivity index (χ3n) is 3.52. The van der Waals surface area contributed by atoms with Gasteiger partial charge in [-0.05, 0) is 29.8 Å². The van der Waals surface area contributed by atoms with E-state index >= 15 is 0 Å². The third kappa shape index (κ3) is 4.04. The van der Waals surface area contributed by atoms with Crippen molar-refractivity contribution < 1.29 is 14.7 Å². The molecule has 0 saturated heterocycles. The topological polar surface area (TPSA) is 71.7 Å². The molecule has 7 heteroatoms. The summed E-state index contributed by atoms with van der Waals surface area (Å²) in [5.41, 5.74) is 1.27. The number of amides is 1. The van der Waals surface area contributed by atoms with E-state index in [1.165, 1.54) is 11.3 Å². The minimum absolute atomic E-state index is 0.230. The molecule has 0 atom stereocenters. The first-order valence-electron chi connectivity index (χ1n) is 7.34. The standard InChI is InChI=1S/C18H13ClN2O3S/c19-14-6-3-5-12(10-14)16(22)20-18-21(8-9-25-18)11-13-4-1-2-7-15(13)17(23)24/h1-10H,11H2,(H,23,24). The molecule has 0 spiro atoms. The van der Waals surface area contributed by atoms with Gasteiger partial charge in [0.25, 0.3) is 5.91 Å². The molecule has 1 amide bonds. The number of aromatic nitrogens is 1. The van der Waals surface area contributed by atoms with Gasteiger partial charge in [-0.25, -0.2) is 4.79 Å². The molecular formula is C18H13ClN2O3S. The fourth-order valence-corrected chi connectivity index (χ4v) is 3.25. The highest BCUT2D eigenvalue weighted by molar-refractivity contribution is 7.07. The summed E-state index contributed by atoms with van der Waals surface area (Å²) >= 11 is 7.21. The van der Waals surface area contributed by atoms with Gasteiger partial charge in [-0.1, -0.05) is 35.9 Å². The summed E-state index contributed by atoms with van der Waals surface area (Å²) in [6.07, 6.45) is 1.77. The van der Waals surface area contributed by atoms with Gasteiger partial charge in [-0.3, -0.25) is 4.79 Å². The molecule has 0 radical (unpaired) electrons. The lowest BCUT2D eigenvalue weighted by Gasteiger charge is -2.07. The van der Waals surface area contributed by atoms with E-state index in [0.29, 0.717) is 27.5 Å². The van der Waals surface area contributed by atoms with Gasteiger partial charge >= 0.3 is 5.97 Å². The minimum atomic E-state index is -0.986. The first-order chi connectivity index (χ1) is 12.0. The van der Waals surface area contributed by atoms with Crippen LogP contribution < -0.4 is 4.80 Å². The largest absolute Gasteiger partial charge is 0.478 e. The molecule has 0 fully saturated rings. The van der Waals surface area contributed by atoms with Crippen LogP contribution in [0.3, 0.4) is 0 Å². The Balaban J connectivity index is 1.94. The van der Waals surface area contributed by atoms with Crippen molar-refractivity contribution >= 4 is 34.8 Å². The Morgan fingerprint density at radius 1 is 1.16 bits per heavy atom. The van der Waals surface area contributed by atoms with E-state index in [1.807, 2.05) is 0 Å². The van der Waals surface area contributed by atoms with Crippen LogP contribution in [0.25, 0.3) is 0 Å². The number of nitrogens with zero attached hydrogens (tertiary/aromatic N) is 2. The Kier molecular flexibility index (Phi) is 5.11. The lowest BCUT2D eigenvalue weighted by Crippen LogP contribution is -2.18. The molecule has 0 unspecified atom stereocenters. The lowest BCUT2D eigenvalue weighted by molar-refractivity contribution is 0.0695. The van der Waals surface area contributed by atoms with Crippen molar-refractivity contribution in [3.8, 4) is 0 Å². The number of halogens is 1. The van der Waals surface area contributed by atoms with Gasteiger partial charge in [0, 0.05) is 22.2 Å². The van der Waals surface area contributed by atoms with Crippen LogP contribution in [0, 0.1) is 0 Å². The van der Waals surface area contributed by atoms with E-state index in [9.17, 15) is 14.7 Å². The second-order valence-corrected chi connectivity index (χ2v) is 6.51.